The van der Waals surface area contributed by atoms with Crippen LogP contribution in [0, 0.1) is 19.7 Å². The minimum atomic E-state index is -3.67. The van der Waals surface area contributed by atoms with Crippen LogP contribution in [0.5, 0.6) is 0 Å². The van der Waals surface area contributed by atoms with Gasteiger partial charge in [0.25, 0.3) is 0 Å². The van der Waals surface area contributed by atoms with Gasteiger partial charge in [0.1, 0.15) is 5.82 Å². The molecule has 0 saturated carbocycles. The Hall–Kier alpha value is -1.47. The molecule has 1 atom stereocenters. The minimum absolute atomic E-state index is 0.160. The second-order valence-corrected chi connectivity index (χ2v) is 7.29. The summed E-state index contributed by atoms with van der Waals surface area (Å²) in [6.07, 6.45) is 0.581. The van der Waals surface area contributed by atoms with Crippen LogP contribution in [-0.4, -0.2) is 37.8 Å². The molecule has 1 aromatic carbocycles. The molecule has 5 nitrogen and oxygen atoms in total. The lowest BCUT2D eigenvalue weighted by Crippen LogP contribution is -2.37. The van der Waals surface area contributed by atoms with Gasteiger partial charge < -0.3 is 5.32 Å². The van der Waals surface area contributed by atoms with Crippen molar-refractivity contribution in [3.8, 4) is 0 Å². The molecular weight excluding hydrogens is 295 g/mol. The van der Waals surface area contributed by atoms with E-state index >= 15 is 0 Å². The molecule has 0 aliphatic carbocycles. The Labute approximate surface area is 124 Å². The van der Waals surface area contributed by atoms with Crippen molar-refractivity contribution >= 4 is 15.9 Å². The first-order chi connectivity index (χ1) is 9.71. The fraction of sp³-hybridized carbons (Fsp3) is 0.500. The molecule has 1 N–H and O–H groups in total. The van der Waals surface area contributed by atoms with Gasteiger partial charge in [-0.25, -0.2) is 12.8 Å². The van der Waals surface area contributed by atoms with E-state index in [1.54, 1.807) is 13.8 Å². The quantitative estimate of drug-likeness (QED) is 0.915. The van der Waals surface area contributed by atoms with Crippen LogP contribution < -0.4 is 5.32 Å². The average Bonchev–Trinajstić information content (AvgIpc) is 2.75. The summed E-state index contributed by atoms with van der Waals surface area (Å²) in [5.74, 6) is -0.616. The van der Waals surface area contributed by atoms with Gasteiger partial charge in [-0.05, 0) is 43.5 Å². The molecule has 0 aromatic heterocycles. The Morgan fingerprint density at radius 1 is 1.33 bits per heavy atom. The highest BCUT2D eigenvalue weighted by Gasteiger charge is 2.34. The van der Waals surface area contributed by atoms with Gasteiger partial charge in [-0.2, -0.15) is 4.31 Å². The molecule has 0 bridgehead atoms. The number of hydrogen-bond acceptors (Lipinski definition) is 3. The standard InChI is InChI=1S/C14H19FN2O3S/c1-9-6-12(15)7-10(2)14(9)21(19,20)17-5-4-13(8-17)16-11(3)18/h6-7,13H,4-5,8H2,1-3H3,(H,16,18). The Morgan fingerprint density at radius 2 is 1.90 bits per heavy atom. The van der Waals surface area contributed by atoms with E-state index in [4.69, 9.17) is 0 Å². The molecule has 1 heterocycles. The summed E-state index contributed by atoms with van der Waals surface area (Å²) in [6, 6.07) is 2.28. The Morgan fingerprint density at radius 3 is 2.43 bits per heavy atom. The number of sulfonamides is 1. The summed E-state index contributed by atoms with van der Waals surface area (Å²) >= 11 is 0. The van der Waals surface area contributed by atoms with Crippen molar-refractivity contribution in [3.63, 3.8) is 0 Å². The summed E-state index contributed by atoms with van der Waals surface area (Å²) < 4.78 is 40.1. The third kappa shape index (κ3) is 3.24. The molecule has 1 saturated heterocycles. The summed E-state index contributed by atoms with van der Waals surface area (Å²) in [4.78, 5) is 11.2. The van der Waals surface area contributed by atoms with Gasteiger partial charge in [0.2, 0.25) is 15.9 Å². The van der Waals surface area contributed by atoms with Crippen molar-refractivity contribution in [1.82, 2.24) is 9.62 Å². The highest BCUT2D eigenvalue weighted by molar-refractivity contribution is 7.89. The maximum Gasteiger partial charge on any atom is 0.243 e. The summed E-state index contributed by atoms with van der Waals surface area (Å²) in [7, 11) is -3.67. The second-order valence-electron chi connectivity index (χ2n) is 5.42. The number of carbonyl (C=O) groups excluding carboxylic acids is 1. The molecule has 1 aromatic rings. The van der Waals surface area contributed by atoms with Crippen molar-refractivity contribution in [2.24, 2.45) is 0 Å². The monoisotopic (exact) mass is 314 g/mol. The van der Waals surface area contributed by atoms with Crippen molar-refractivity contribution in [2.45, 2.75) is 38.1 Å². The Bertz CT molecular complexity index is 650. The first kappa shape index (κ1) is 15.9. The number of hydrogen-bond donors (Lipinski definition) is 1. The van der Waals surface area contributed by atoms with Crippen LogP contribution in [0.3, 0.4) is 0 Å². The molecule has 116 valence electrons. The van der Waals surface area contributed by atoms with Crippen molar-refractivity contribution in [2.75, 3.05) is 13.1 Å². The number of rotatable bonds is 3. The van der Waals surface area contributed by atoms with E-state index in [0.29, 0.717) is 24.1 Å². The van der Waals surface area contributed by atoms with Gasteiger partial charge in [-0.15, -0.1) is 0 Å². The van der Waals surface area contributed by atoms with E-state index in [0.717, 1.165) is 0 Å². The lowest BCUT2D eigenvalue weighted by Gasteiger charge is -2.20. The van der Waals surface area contributed by atoms with E-state index < -0.39 is 15.8 Å². The maximum atomic E-state index is 13.3. The van der Waals surface area contributed by atoms with E-state index in [-0.39, 0.29) is 23.4 Å². The zero-order chi connectivity index (χ0) is 15.8. The molecule has 1 aliphatic heterocycles. The van der Waals surface area contributed by atoms with Gasteiger partial charge >= 0.3 is 0 Å². The fourth-order valence-corrected chi connectivity index (χ4v) is 4.70. The maximum absolute atomic E-state index is 13.3. The molecule has 2 rings (SSSR count). The number of aryl methyl sites for hydroxylation is 2. The third-order valence-corrected chi connectivity index (χ3v) is 5.75. The van der Waals surface area contributed by atoms with Crippen molar-refractivity contribution < 1.29 is 17.6 Å². The van der Waals surface area contributed by atoms with Crippen LogP contribution in [0.25, 0.3) is 0 Å². The van der Waals surface area contributed by atoms with Gasteiger partial charge in [0.05, 0.1) is 4.90 Å². The summed E-state index contributed by atoms with van der Waals surface area (Å²) in [5.41, 5.74) is 0.797. The summed E-state index contributed by atoms with van der Waals surface area (Å²) in [6.45, 7) is 5.18. The topological polar surface area (TPSA) is 66.5 Å². The lowest BCUT2D eigenvalue weighted by molar-refractivity contribution is -0.119. The van der Waals surface area contributed by atoms with Crippen LogP contribution in [0.2, 0.25) is 0 Å². The molecule has 1 aliphatic rings. The predicted molar refractivity (Wildman–Crippen MR) is 76.9 cm³/mol. The van der Waals surface area contributed by atoms with Gasteiger partial charge in [0, 0.05) is 26.1 Å². The zero-order valence-corrected chi connectivity index (χ0v) is 13.1. The molecule has 1 unspecified atom stereocenters. The number of carbonyl (C=O) groups is 1. The van der Waals surface area contributed by atoms with Crippen LogP contribution >= 0.6 is 0 Å². The number of benzene rings is 1. The first-order valence-electron chi connectivity index (χ1n) is 6.76. The molecule has 0 spiro atoms. The van der Waals surface area contributed by atoms with Gasteiger partial charge in [-0.3, -0.25) is 4.79 Å². The normalized spacial score (nSPS) is 19.7. The molecular formula is C14H19FN2O3S. The average molecular weight is 314 g/mol. The number of nitrogens with zero attached hydrogens (tertiary/aromatic N) is 1. The fourth-order valence-electron chi connectivity index (χ4n) is 2.79. The SMILES string of the molecule is CC(=O)NC1CCN(S(=O)(=O)c2c(C)cc(F)cc2C)C1. The zero-order valence-electron chi connectivity index (χ0n) is 12.3. The Balaban J connectivity index is 2.30. The summed E-state index contributed by atoms with van der Waals surface area (Å²) in [5, 5.41) is 2.73. The van der Waals surface area contributed by atoms with E-state index in [1.807, 2.05) is 0 Å². The highest BCUT2D eigenvalue weighted by atomic mass is 32.2. The van der Waals surface area contributed by atoms with Crippen LogP contribution in [-0.2, 0) is 14.8 Å². The van der Waals surface area contributed by atoms with Crippen molar-refractivity contribution in [3.05, 3.63) is 29.1 Å². The minimum Gasteiger partial charge on any atom is -0.352 e. The van der Waals surface area contributed by atoms with Gasteiger partial charge in [-0.1, -0.05) is 0 Å². The predicted octanol–water partition coefficient (Wildman–Crippen LogP) is 1.34. The molecule has 1 amide bonds. The third-order valence-electron chi connectivity index (χ3n) is 3.58. The second kappa shape index (κ2) is 5.73. The largest absolute Gasteiger partial charge is 0.352 e. The smallest absolute Gasteiger partial charge is 0.243 e. The van der Waals surface area contributed by atoms with Crippen molar-refractivity contribution in [1.29, 1.82) is 0 Å². The molecule has 21 heavy (non-hydrogen) atoms. The van der Waals surface area contributed by atoms with E-state index in [2.05, 4.69) is 5.32 Å². The van der Waals surface area contributed by atoms with E-state index in [1.165, 1.54) is 23.4 Å². The van der Waals surface area contributed by atoms with Crippen LogP contribution in [0.4, 0.5) is 4.39 Å². The Kier molecular flexibility index (Phi) is 4.34. The number of halogens is 1. The van der Waals surface area contributed by atoms with Crippen LogP contribution in [0.1, 0.15) is 24.5 Å². The number of amides is 1. The molecule has 0 radical (unpaired) electrons. The first-order valence-corrected chi connectivity index (χ1v) is 8.20. The van der Waals surface area contributed by atoms with E-state index in [9.17, 15) is 17.6 Å². The lowest BCUT2D eigenvalue weighted by atomic mass is 10.1. The van der Waals surface area contributed by atoms with Crippen LogP contribution in [0.15, 0.2) is 17.0 Å². The molecule has 7 heteroatoms. The number of nitrogens with one attached hydrogen (secondary N) is 1. The molecule has 1 fully saturated rings. The van der Waals surface area contributed by atoms with Gasteiger partial charge in [0.15, 0.2) is 0 Å². The highest BCUT2D eigenvalue weighted by Crippen LogP contribution is 2.27.